The van der Waals surface area contributed by atoms with Gasteiger partial charge >= 0.3 is 6.09 Å². The van der Waals surface area contributed by atoms with Crippen LogP contribution in [0.4, 0.5) is 10.5 Å². The first-order chi connectivity index (χ1) is 18.2. The molecule has 1 aliphatic rings. The molecule has 1 saturated carbocycles. The minimum atomic E-state index is -1.11. The number of hydrogen-bond acceptors (Lipinski definition) is 5. The Balaban J connectivity index is 2.08. The summed E-state index contributed by atoms with van der Waals surface area (Å²) in [7, 11) is 0. The van der Waals surface area contributed by atoms with E-state index in [0.717, 1.165) is 11.1 Å². The molecule has 3 N–H and O–H groups in total. The van der Waals surface area contributed by atoms with Gasteiger partial charge in [-0.15, -0.1) is 0 Å². The molecule has 8 nitrogen and oxygen atoms in total. The average molecular weight is 538 g/mol. The first kappa shape index (κ1) is 30.0. The molecule has 0 heterocycles. The molecule has 0 radical (unpaired) electrons. The molecule has 39 heavy (non-hydrogen) atoms. The fourth-order valence-electron chi connectivity index (χ4n) is 4.79. The molecule has 0 spiro atoms. The monoisotopic (exact) mass is 537 g/mol. The van der Waals surface area contributed by atoms with Gasteiger partial charge < -0.3 is 25.4 Å². The Morgan fingerprint density at radius 2 is 1.67 bits per heavy atom. The van der Waals surface area contributed by atoms with E-state index < -0.39 is 29.7 Å². The second-order valence-corrected chi connectivity index (χ2v) is 11.8. The Bertz CT molecular complexity index is 1180. The maximum absolute atomic E-state index is 14.4. The highest BCUT2D eigenvalue weighted by molar-refractivity contribution is 6.00. The topological polar surface area (TPSA) is 108 Å². The number of para-hydroxylation sites is 2. The van der Waals surface area contributed by atoms with Crippen LogP contribution in [0.15, 0.2) is 42.5 Å². The summed E-state index contributed by atoms with van der Waals surface area (Å²) in [6.45, 7) is 15.0. The highest BCUT2D eigenvalue weighted by Gasteiger charge is 2.49. The van der Waals surface area contributed by atoms with Crippen LogP contribution in [0, 0.1) is 25.7 Å². The van der Waals surface area contributed by atoms with Crippen LogP contribution in [0.3, 0.4) is 0 Å². The van der Waals surface area contributed by atoms with Crippen LogP contribution in [0.5, 0.6) is 5.75 Å². The van der Waals surface area contributed by atoms with E-state index >= 15 is 0 Å². The van der Waals surface area contributed by atoms with Crippen LogP contribution in [-0.2, 0) is 14.3 Å². The third kappa shape index (κ3) is 7.31. The van der Waals surface area contributed by atoms with Crippen molar-refractivity contribution in [3.63, 3.8) is 0 Å². The lowest BCUT2D eigenvalue weighted by Gasteiger charge is -2.36. The van der Waals surface area contributed by atoms with Crippen LogP contribution in [-0.4, -0.2) is 45.6 Å². The highest BCUT2D eigenvalue weighted by atomic mass is 16.6. The summed E-state index contributed by atoms with van der Waals surface area (Å²) in [5, 5.41) is 16.7. The van der Waals surface area contributed by atoms with Crippen LogP contribution < -0.4 is 10.6 Å². The van der Waals surface area contributed by atoms with Gasteiger partial charge in [-0.2, -0.15) is 0 Å². The van der Waals surface area contributed by atoms with Gasteiger partial charge in [0.05, 0.1) is 0 Å². The van der Waals surface area contributed by atoms with Crippen LogP contribution in [0.25, 0.3) is 0 Å². The smallest absolute Gasteiger partial charge is 0.408 e. The van der Waals surface area contributed by atoms with Crippen molar-refractivity contribution in [3.8, 4) is 5.75 Å². The minimum absolute atomic E-state index is 0.0783. The number of hydrogen-bond donors (Lipinski definition) is 3. The normalized spacial score (nSPS) is 18.9. The molecule has 0 saturated heterocycles. The Kier molecular flexibility index (Phi) is 9.30. The molecular formula is C31H43N3O5. The standard InChI is InChI=1S/C31H43N3O5/c1-9-18(2)26(33-30(38)39-31(6,7)8)29(37)34(23-17-21(23)5)27(22-15-10-11-16-24(22)35)28(36)32-25-19(3)13-12-14-20(25)4/h10-16,18,21,23,26-27,35H,9,17H2,1-8H3,(H,32,36)(H,33,38). The van der Waals surface area contributed by atoms with Gasteiger partial charge in [0.1, 0.15) is 23.4 Å². The number of amides is 3. The van der Waals surface area contributed by atoms with E-state index in [9.17, 15) is 19.5 Å². The number of phenols is 1. The Morgan fingerprint density at radius 1 is 1.08 bits per heavy atom. The number of ether oxygens (including phenoxy) is 1. The number of nitrogens with zero attached hydrogens (tertiary/aromatic N) is 1. The molecule has 5 atom stereocenters. The van der Waals surface area contributed by atoms with Crippen molar-refractivity contribution in [3.05, 3.63) is 59.2 Å². The number of carbonyl (C=O) groups excluding carboxylic acids is 3. The lowest BCUT2D eigenvalue weighted by molar-refractivity contribution is -0.142. The fraction of sp³-hybridized carbons (Fsp3) is 0.516. The van der Waals surface area contributed by atoms with E-state index in [0.29, 0.717) is 24.1 Å². The van der Waals surface area contributed by atoms with Crippen LogP contribution in [0.1, 0.15) is 77.1 Å². The molecule has 3 amide bonds. The number of benzene rings is 2. The van der Waals surface area contributed by atoms with Crippen molar-refractivity contribution in [2.45, 2.75) is 92.0 Å². The van der Waals surface area contributed by atoms with Crippen molar-refractivity contribution in [2.75, 3.05) is 5.32 Å². The van der Waals surface area contributed by atoms with Crippen molar-refractivity contribution in [1.82, 2.24) is 10.2 Å². The molecule has 2 aromatic carbocycles. The summed E-state index contributed by atoms with van der Waals surface area (Å²) >= 11 is 0. The molecule has 8 heteroatoms. The van der Waals surface area contributed by atoms with E-state index in [-0.39, 0.29) is 29.5 Å². The number of phenolic OH excluding ortho intramolecular Hbond substituents is 1. The lowest BCUT2D eigenvalue weighted by atomic mass is 9.95. The second-order valence-electron chi connectivity index (χ2n) is 11.8. The summed E-state index contributed by atoms with van der Waals surface area (Å²) < 4.78 is 5.47. The predicted octanol–water partition coefficient (Wildman–Crippen LogP) is 5.87. The van der Waals surface area contributed by atoms with E-state index in [1.165, 1.54) is 6.07 Å². The number of nitrogens with one attached hydrogen (secondary N) is 2. The largest absolute Gasteiger partial charge is 0.508 e. The van der Waals surface area contributed by atoms with Crippen LogP contribution >= 0.6 is 0 Å². The van der Waals surface area contributed by atoms with E-state index in [1.54, 1.807) is 43.9 Å². The lowest BCUT2D eigenvalue weighted by Crippen LogP contribution is -2.55. The van der Waals surface area contributed by atoms with E-state index in [2.05, 4.69) is 10.6 Å². The third-order valence-corrected chi connectivity index (χ3v) is 7.32. The van der Waals surface area contributed by atoms with Gasteiger partial charge in [-0.25, -0.2) is 4.79 Å². The zero-order chi connectivity index (χ0) is 29.1. The molecule has 0 aliphatic heterocycles. The first-order valence-electron chi connectivity index (χ1n) is 13.7. The molecule has 1 aliphatic carbocycles. The summed E-state index contributed by atoms with van der Waals surface area (Å²) in [5.41, 5.74) is 2.04. The second kappa shape index (κ2) is 12.1. The maximum Gasteiger partial charge on any atom is 0.408 e. The molecular weight excluding hydrogens is 494 g/mol. The molecule has 2 aromatic rings. The van der Waals surface area contributed by atoms with Gasteiger partial charge in [0, 0.05) is 17.3 Å². The number of rotatable bonds is 9. The van der Waals surface area contributed by atoms with Crippen molar-refractivity contribution in [1.29, 1.82) is 0 Å². The molecule has 212 valence electrons. The number of aryl methyl sites for hydroxylation is 2. The third-order valence-electron chi connectivity index (χ3n) is 7.32. The molecule has 3 rings (SSSR count). The van der Waals surface area contributed by atoms with Gasteiger partial charge in [-0.1, -0.05) is 63.6 Å². The van der Waals surface area contributed by atoms with Gasteiger partial charge in [-0.05, 0) is 70.1 Å². The van der Waals surface area contributed by atoms with E-state index in [4.69, 9.17) is 4.74 Å². The summed E-state index contributed by atoms with van der Waals surface area (Å²) in [5.74, 6) is -0.955. The number of alkyl carbamates (subject to hydrolysis) is 1. The Hall–Kier alpha value is -3.55. The quantitative estimate of drug-likeness (QED) is 0.371. The van der Waals surface area contributed by atoms with Gasteiger partial charge in [0.25, 0.3) is 5.91 Å². The average Bonchev–Trinajstić information content (AvgIpc) is 3.57. The zero-order valence-corrected chi connectivity index (χ0v) is 24.4. The zero-order valence-electron chi connectivity index (χ0n) is 24.4. The van der Waals surface area contributed by atoms with Gasteiger partial charge in [0.15, 0.2) is 0 Å². The van der Waals surface area contributed by atoms with Crippen molar-refractivity contribution in [2.24, 2.45) is 11.8 Å². The van der Waals surface area contributed by atoms with Crippen molar-refractivity contribution < 1.29 is 24.2 Å². The predicted molar refractivity (Wildman–Crippen MR) is 152 cm³/mol. The Labute approximate surface area is 232 Å². The number of aromatic hydroxyl groups is 1. The fourth-order valence-corrected chi connectivity index (χ4v) is 4.79. The van der Waals surface area contributed by atoms with Gasteiger partial charge in [0.2, 0.25) is 5.91 Å². The SMILES string of the molecule is CCC(C)C(NC(=O)OC(C)(C)C)C(=O)N(C(C(=O)Nc1c(C)cccc1C)c1ccccc1O)C1CC1C. The molecule has 0 aromatic heterocycles. The van der Waals surface area contributed by atoms with Crippen LogP contribution in [0.2, 0.25) is 0 Å². The van der Waals surface area contributed by atoms with E-state index in [1.807, 2.05) is 52.8 Å². The Morgan fingerprint density at radius 3 is 2.18 bits per heavy atom. The molecule has 1 fully saturated rings. The summed E-state index contributed by atoms with van der Waals surface area (Å²) in [6.07, 6.45) is 0.645. The first-order valence-corrected chi connectivity index (χ1v) is 13.7. The molecule has 5 unspecified atom stereocenters. The minimum Gasteiger partial charge on any atom is -0.508 e. The van der Waals surface area contributed by atoms with Crippen molar-refractivity contribution >= 4 is 23.6 Å². The summed E-state index contributed by atoms with van der Waals surface area (Å²) in [6, 6.07) is 10.1. The maximum atomic E-state index is 14.4. The van der Waals surface area contributed by atoms with Gasteiger partial charge in [-0.3, -0.25) is 9.59 Å². The summed E-state index contributed by atoms with van der Waals surface area (Å²) in [4.78, 5) is 42.8. The molecule has 0 bridgehead atoms. The number of anilines is 1. The highest BCUT2D eigenvalue weighted by Crippen LogP contribution is 2.43. The number of carbonyl (C=O) groups is 3.